The van der Waals surface area contributed by atoms with E-state index in [-0.39, 0.29) is 5.92 Å². The van der Waals surface area contributed by atoms with Gasteiger partial charge in [0.25, 0.3) is 5.91 Å². The van der Waals surface area contributed by atoms with Crippen molar-refractivity contribution in [2.45, 2.75) is 45.4 Å². The van der Waals surface area contributed by atoms with E-state index in [2.05, 4.69) is 18.8 Å². The summed E-state index contributed by atoms with van der Waals surface area (Å²) in [5.41, 5.74) is 8.45. The molecular formula is C23H25Cl2N3O. The summed E-state index contributed by atoms with van der Waals surface area (Å²) in [6.07, 6.45) is 4.29. The van der Waals surface area contributed by atoms with Crippen molar-refractivity contribution in [3.8, 4) is 17.1 Å². The molecule has 152 valence electrons. The second-order valence-corrected chi connectivity index (χ2v) is 8.07. The minimum absolute atomic E-state index is 0.100. The lowest BCUT2D eigenvalue weighted by molar-refractivity contribution is 0.0994. The van der Waals surface area contributed by atoms with Crippen LogP contribution in [0.4, 0.5) is 0 Å². The van der Waals surface area contributed by atoms with Crippen LogP contribution in [-0.2, 0) is 0 Å². The molecule has 4 nitrogen and oxygen atoms in total. The Kier molecular flexibility index (Phi) is 6.99. The Balaban J connectivity index is 2.25. The number of primary amides is 1. The largest absolute Gasteiger partial charge is 0.364 e. The number of halogens is 2. The zero-order valence-electron chi connectivity index (χ0n) is 16.7. The summed E-state index contributed by atoms with van der Waals surface area (Å²) in [5, 5.41) is 1.20. The molecule has 0 aliphatic rings. The number of unbranched alkanes of at least 4 members (excludes halogenated alkanes) is 2. The number of rotatable bonds is 8. The average Bonchev–Trinajstić information content (AvgIpc) is 3.10. The summed E-state index contributed by atoms with van der Waals surface area (Å²) in [6.45, 7) is 4.29. The third-order valence-corrected chi connectivity index (χ3v) is 5.64. The molecular weight excluding hydrogens is 405 g/mol. The van der Waals surface area contributed by atoms with E-state index in [1.807, 2.05) is 53.1 Å². The van der Waals surface area contributed by atoms with Gasteiger partial charge in [-0.05, 0) is 48.7 Å². The first-order valence-corrected chi connectivity index (χ1v) is 10.6. The predicted octanol–water partition coefficient (Wildman–Crippen LogP) is 6.63. The van der Waals surface area contributed by atoms with Crippen LogP contribution in [-0.4, -0.2) is 15.5 Å². The van der Waals surface area contributed by atoms with E-state index in [9.17, 15) is 4.79 Å². The Hall–Kier alpha value is -2.30. The molecule has 6 heteroatoms. The summed E-state index contributed by atoms with van der Waals surface area (Å²) in [7, 11) is 0. The van der Waals surface area contributed by atoms with Crippen LogP contribution < -0.4 is 5.73 Å². The molecule has 29 heavy (non-hydrogen) atoms. The highest BCUT2D eigenvalue weighted by molar-refractivity contribution is 6.33. The third kappa shape index (κ3) is 4.65. The van der Waals surface area contributed by atoms with Gasteiger partial charge >= 0.3 is 0 Å². The highest BCUT2D eigenvalue weighted by atomic mass is 35.5. The number of benzene rings is 2. The molecule has 1 unspecified atom stereocenters. The molecule has 0 saturated heterocycles. The van der Waals surface area contributed by atoms with Crippen LogP contribution in [0.1, 0.15) is 61.6 Å². The maximum Gasteiger partial charge on any atom is 0.269 e. The van der Waals surface area contributed by atoms with Crippen LogP contribution in [0.25, 0.3) is 17.1 Å². The number of nitrogens with zero attached hydrogens (tertiary/aromatic N) is 2. The number of amides is 1. The highest BCUT2D eigenvalue weighted by Gasteiger charge is 2.27. The predicted molar refractivity (Wildman–Crippen MR) is 120 cm³/mol. The van der Waals surface area contributed by atoms with Gasteiger partial charge in [0.1, 0.15) is 5.82 Å². The first kappa shape index (κ1) is 21.4. The minimum Gasteiger partial charge on any atom is -0.364 e. The first-order valence-electron chi connectivity index (χ1n) is 9.87. The Morgan fingerprint density at radius 3 is 2.41 bits per heavy atom. The van der Waals surface area contributed by atoms with Crippen LogP contribution in [0.2, 0.25) is 10.0 Å². The van der Waals surface area contributed by atoms with E-state index in [0.717, 1.165) is 42.6 Å². The standard InChI is InChI=1S/C23H25Cl2N3O/c1-3-4-5-8-15(2)21-20(22(26)29)27-23(18-9-6-7-10-19(18)25)28(21)17-13-11-16(24)12-14-17/h6-7,9-15H,3-5,8H2,1-2H3,(H2,26,29). The number of hydrogen-bond acceptors (Lipinski definition) is 2. The summed E-state index contributed by atoms with van der Waals surface area (Å²) < 4.78 is 1.99. The van der Waals surface area contributed by atoms with Gasteiger partial charge in [0, 0.05) is 16.3 Å². The maximum absolute atomic E-state index is 12.3. The van der Waals surface area contributed by atoms with Crippen molar-refractivity contribution in [2.24, 2.45) is 5.73 Å². The number of nitrogens with two attached hydrogens (primary N) is 1. The van der Waals surface area contributed by atoms with Gasteiger partial charge in [-0.15, -0.1) is 0 Å². The van der Waals surface area contributed by atoms with Crippen molar-refractivity contribution in [2.75, 3.05) is 0 Å². The van der Waals surface area contributed by atoms with E-state index in [1.54, 1.807) is 0 Å². The molecule has 2 N–H and O–H groups in total. The van der Waals surface area contributed by atoms with Crippen LogP contribution in [0.5, 0.6) is 0 Å². The maximum atomic E-state index is 12.3. The van der Waals surface area contributed by atoms with E-state index in [0.29, 0.717) is 21.6 Å². The van der Waals surface area contributed by atoms with E-state index in [1.165, 1.54) is 0 Å². The van der Waals surface area contributed by atoms with E-state index < -0.39 is 5.91 Å². The smallest absolute Gasteiger partial charge is 0.269 e. The number of hydrogen-bond donors (Lipinski definition) is 1. The zero-order valence-corrected chi connectivity index (χ0v) is 18.2. The summed E-state index contributed by atoms with van der Waals surface area (Å²) >= 11 is 12.6. The quantitative estimate of drug-likeness (QED) is 0.408. The Morgan fingerprint density at radius 1 is 1.10 bits per heavy atom. The SMILES string of the molecule is CCCCCC(C)c1c(C(N)=O)nc(-c2ccccc2Cl)n1-c1ccc(Cl)cc1. The molecule has 1 atom stereocenters. The fraction of sp³-hybridized carbons (Fsp3) is 0.304. The lowest BCUT2D eigenvalue weighted by Gasteiger charge is -2.18. The second-order valence-electron chi connectivity index (χ2n) is 7.22. The normalized spacial score (nSPS) is 12.1. The van der Waals surface area contributed by atoms with Gasteiger partial charge in [-0.2, -0.15) is 0 Å². The fourth-order valence-electron chi connectivity index (χ4n) is 3.58. The lowest BCUT2D eigenvalue weighted by atomic mass is 9.97. The van der Waals surface area contributed by atoms with Gasteiger partial charge in [0.2, 0.25) is 0 Å². The van der Waals surface area contributed by atoms with E-state index in [4.69, 9.17) is 28.9 Å². The number of carbonyl (C=O) groups is 1. The van der Waals surface area contributed by atoms with Crippen molar-refractivity contribution in [1.29, 1.82) is 0 Å². The van der Waals surface area contributed by atoms with Crippen molar-refractivity contribution in [1.82, 2.24) is 9.55 Å². The molecule has 0 aliphatic heterocycles. The lowest BCUT2D eigenvalue weighted by Crippen LogP contribution is -2.16. The summed E-state index contributed by atoms with van der Waals surface area (Å²) in [5.74, 6) is 0.163. The summed E-state index contributed by atoms with van der Waals surface area (Å²) in [6, 6.07) is 14.9. The molecule has 1 heterocycles. The van der Waals surface area contributed by atoms with Crippen LogP contribution in [0.3, 0.4) is 0 Å². The Morgan fingerprint density at radius 2 is 1.79 bits per heavy atom. The molecule has 0 spiro atoms. The molecule has 2 aromatic carbocycles. The van der Waals surface area contributed by atoms with Gasteiger partial charge in [-0.25, -0.2) is 4.98 Å². The van der Waals surface area contributed by atoms with Crippen LogP contribution in [0, 0.1) is 0 Å². The van der Waals surface area contributed by atoms with Crippen LogP contribution in [0.15, 0.2) is 48.5 Å². The molecule has 0 saturated carbocycles. The van der Waals surface area contributed by atoms with Gasteiger partial charge < -0.3 is 5.73 Å². The minimum atomic E-state index is -0.539. The van der Waals surface area contributed by atoms with Crippen molar-refractivity contribution in [3.63, 3.8) is 0 Å². The molecule has 0 radical (unpaired) electrons. The van der Waals surface area contributed by atoms with Crippen molar-refractivity contribution < 1.29 is 4.79 Å². The van der Waals surface area contributed by atoms with Crippen molar-refractivity contribution in [3.05, 3.63) is 70.0 Å². The molecule has 1 amide bonds. The number of imidazole rings is 1. The highest BCUT2D eigenvalue weighted by Crippen LogP contribution is 2.36. The van der Waals surface area contributed by atoms with Gasteiger partial charge in [-0.3, -0.25) is 9.36 Å². The van der Waals surface area contributed by atoms with Gasteiger partial charge in [0.05, 0.1) is 10.7 Å². The molecule has 0 aliphatic carbocycles. The monoisotopic (exact) mass is 429 g/mol. The van der Waals surface area contributed by atoms with Crippen molar-refractivity contribution >= 4 is 29.1 Å². The second kappa shape index (κ2) is 9.47. The van der Waals surface area contributed by atoms with Gasteiger partial charge in [-0.1, -0.05) is 68.4 Å². The molecule has 3 aromatic rings. The topological polar surface area (TPSA) is 60.9 Å². The third-order valence-electron chi connectivity index (χ3n) is 5.05. The molecule has 1 aromatic heterocycles. The first-order chi connectivity index (χ1) is 13.9. The Labute approximate surface area is 181 Å². The average molecular weight is 430 g/mol. The molecule has 3 rings (SSSR count). The van der Waals surface area contributed by atoms with Gasteiger partial charge in [0.15, 0.2) is 5.69 Å². The molecule has 0 bridgehead atoms. The number of carbonyl (C=O) groups excluding carboxylic acids is 1. The summed E-state index contributed by atoms with van der Waals surface area (Å²) in [4.78, 5) is 17.0. The zero-order chi connectivity index (χ0) is 21.0. The van der Waals surface area contributed by atoms with Crippen LogP contribution >= 0.6 is 23.2 Å². The van der Waals surface area contributed by atoms with E-state index >= 15 is 0 Å². The fourth-order valence-corrected chi connectivity index (χ4v) is 3.93. The number of aromatic nitrogens is 2. The molecule has 0 fully saturated rings. The Bertz CT molecular complexity index is 996.